The van der Waals surface area contributed by atoms with Crippen molar-refractivity contribution in [1.82, 2.24) is 0 Å². The van der Waals surface area contributed by atoms with Gasteiger partial charge in [-0.2, -0.15) is 0 Å². The third kappa shape index (κ3) is 4.50. The number of carbonyl (C=O) groups is 2. The maximum atomic E-state index is 11.8. The first-order valence-electron chi connectivity index (χ1n) is 7.56. The van der Waals surface area contributed by atoms with Crippen molar-refractivity contribution in [2.45, 2.75) is 13.5 Å². The highest BCUT2D eigenvalue weighted by Crippen LogP contribution is 2.24. The fraction of sp³-hybridized carbons (Fsp3) is 0.263. The average Bonchev–Trinajstić information content (AvgIpc) is 2.64. The quantitative estimate of drug-likeness (QED) is 0.750. The Hall–Kier alpha value is -3.02. The van der Waals surface area contributed by atoms with E-state index in [1.807, 2.05) is 25.1 Å². The summed E-state index contributed by atoms with van der Waals surface area (Å²) in [6.45, 7) is 2.19. The molecule has 2 rings (SSSR count). The fourth-order valence-electron chi connectivity index (χ4n) is 2.34. The Morgan fingerprint density at radius 1 is 0.880 bits per heavy atom. The summed E-state index contributed by atoms with van der Waals surface area (Å²) in [5.41, 5.74) is 2.33. The normalized spacial score (nSPS) is 10.1. The summed E-state index contributed by atoms with van der Waals surface area (Å²) >= 11 is 0. The first kappa shape index (κ1) is 18.3. The van der Waals surface area contributed by atoms with Gasteiger partial charge in [0.05, 0.1) is 32.5 Å². The summed E-state index contributed by atoms with van der Waals surface area (Å²) in [6.07, 6.45) is 0. The standard InChI is InChI=1S/C19H20O6/c1-12-5-6-17(22-2)15(7-12)11-25-16-9-13(18(20)23-3)8-14(10-16)19(21)24-4/h5-10H,11H2,1-4H3. The lowest BCUT2D eigenvalue weighted by atomic mass is 10.1. The Morgan fingerprint density at radius 3 is 2.00 bits per heavy atom. The molecule has 0 saturated carbocycles. The third-order valence-corrected chi connectivity index (χ3v) is 3.58. The van der Waals surface area contributed by atoms with Crippen LogP contribution in [-0.2, 0) is 16.1 Å². The highest BCUT2D eigenvalue weighted by molar-refractivity contribution is 5.96. The minimum absolute atomic E-state index is 0.205. The highest BCUT2D eigenvalue weighted by Gasteiger charge is 2.15. The van der Waals surface area contributed by atoms with Crippen LogP contribution in [-0.4, -0.2) is 33.3 Å². The zero-order valence-electron chi connectivity index (χ0n) is 14.6. The van der Waals surface area contributed by atoms with Crippen LogP contribution in [0.2, 0.25) is 0 Å². The van der Waals surface area contributed by atoms with Crippen LogP contribution in [0.15, 0.2) is 36.4 Å². The molecule has 0 fully saturated rings. The second kappa shape index (κ2) is 8.19. The molecule has 25 heavy (non-hydrogen) atoms. The van der Waals surface area contributed by atoms with E-state index in [0.29, 0.717) is 11.5 Å². The van der Waals surface area contributed by atoms with Gasteiger partial charge in [-0.25, -0.2) is 9.59 Å². The van der Waals surface area contributed by atoms with E-state index in [4.69, 9.17) is 18.9 Å². The molecule has 2 aromatic carbocycles. The number of aryl methyl sites for hydroxylation is 1. The van der Waals surface area contributed by atoms with Crippen molar-refractivity contribution in [2.24, 2.45) is 0 Å². The van der Waals surface area contributed by atoms with Gasteiger partial charge in [0.1, 0.15) is 18.1 Å². The van der Waals surface area contributed by atoms with Gasteiger partial charge in [-0.1, -0.05) is 11.6 Å². The average molecular weight is 344 g/mol. The van der Waals surface area contributed by atoms with Crippen LogP contribution in [0, 0.1) is 6.92 Å². The van der Waals surface area contributed by atoms with Crippen molar-refractivity contribution in [3.63, 3.8) is 0 Å². The van der Waals surface area contributed by atoms with Crippen LogP contribution in [0.5, 0.6) is 11.5 Å². The summed E-state index contributed by atoms with van der Waals surface area (Å²) in [5.74, 6) is -0.0812. The third-order valence-electron chi connectivity index (χ3n) is 3.58. The van der Waals surface area contributed by atoms with Gasteiger partial charge in [0.25, 0.3) is 0 Å². The Bertz CT molecular complexity index is 747. The molecule has 0 bridgehead atoms. The van der Waals surface area contributed by atoms with E-state index in [0.717, 1.165) is 11.1 Å². The maximum Gasteiger partial charge on any atom is 0.338 e. The molecule has 6 nitrogen and oxygen atoms in total. The molecule has 132 valence electrons. The second-order valence-electron chi connectivity index (χ2n) is 5.33. The minimum atomic E-state index is -0.566. The van der Waals surface area contributed by atoms with E-state index >= 15 is 0 Å². The summed E-state index contributed by atoms with van der Waals surface area (Å²) in [6, 6.07) is 10.2. The molecule has 0 aromatic heterocycles. The van der Waals surface area contributed by atoms with Crippen LogP contribution in [0.1, 0.15) is 31.8 Å². The summed E-state index contributed by atoms with van der Waals surface area (Å²) in [5, 5.41) is 0. The number of hydrogen-bond donors (Lipinski definition) is 0. The van der Waals surface area contributed by atoms with E-state index in [1.54, 1.807) is 7.11 Å². The van der Waals surface area contributed by atoms with Gasteiger partial charge in [-0.05, 0) is 37.3 Å². The lowest BCUT2D eigenvalue weighted by Crippen LogP contribution is -2.08. The summed E-state index contributed by atoms with van der Waals surface area (Å²) in [4.78, 5) is 23.6. The number of rotatable bonds is 6. The van der Waals surface area contributed by atoms with Gasteiger partial charge >= 0.3 is 11.9 Å². The van der Waals surface area contributed by atoms with Gasteiger partial charge in [-0.15, -0.1) is 0 Å². The Balaban J connectivity index is 2.31. The summed E-state index contributed by atoms with van der Waals surface area (Å²) < 4.78 is 20.5. The largest absolute Gasteiger partial charge is 0.496 e. The number of hydrogen-bond acceptors (Lipinski definition) is 6. The smallest absolute Gasteiger partial charge is 0.338 e. The SMILES string of the molecule is COC(=O)c1cc(OCc2cc(C)ccc2OC)cc(C(=O)OC)c1. The van der Waals surface area contributed by atoms with Gasteiger partial charge in [0.2, 0.25) is 0 Å². The van der Waals surface area contributed by atoms with E-state index in [1.165, 1.54) is 32.4 Å². The first-order chi connectivity index (χ1) is 12.0. The van der Waals surface area contributed by atoms with Crippen LogP contribution in [0.25, 0.3) is 0 Å². The topological polar surface area (TPSA) is 71.1 Å². The van der Waals surface area contributed by atoms with Crippen molar-refractivity contribution in [3.05, 3.63) is 58.7 Å². The number of ether oxygens (including phenoxy) is 4. The zero-order valence-corrected chi connectivity index (χ0v) is 14.6. The van der Waals surface area contributed by atoms with Crippen LogP contribution >= 0.6 is 0 Å². The molecule has 0 radical (unpaired) electrons. The molecule has 0 aliphatic carbocycles. The Labute approximate surface area is 146 Å². The molecular weight excluding hydrogens is 324 g/mol. The van der Waals surface area contributed by atoms with Crippen LogP contribution < -0.4 is 9.47 Å². The molecule has 0 aliphatic rings. The lowest BCUT2D eigenvalue weighted by Gasteiger charge is -2.13. The Kier molecular flexibility index (Phi) is 6.00. The number of esters is 2. The summed E-state index contributed by atoms with van der Waals surface area (Å²) in [7, 11) is 4.12. The maximum absolute atomic E-state index is 11.8. The van der Waals surface area contributed by atoms with Crippen molar-refractivity contribution in [3.8, 4) is 11.5 Å². The van der Waals surface area contributed by atoms with E-state index in [9.17, 15) is 9.59 Å². The molecule has 0 unspecified atom stereocenters. The monoisotopic (exact) mass is 344 g/mol. The fourth-order valence-corrected chi connectivity index (χ4v) is 2.34. The molecule has 0 N–H and O–H groups in total. The van der Waals surface area contributed by atoms with Crippen molar-refractivity contribution < 1.29 is 28.5 Å². The van der Waals surface area contributed by atoms with Crippen molar-refractivity contribution >= 4 is 11.9 Å². The van der Waals surface area contributed by atoms with E-state index in [2.05, 4.69) is 0 Å². The van der Waals surface area contributed by atoms with Gasteiger partial charge in [-0.3, -0.25) is 0 Å². The first-order valence-corrected chi connectivity index (χ1v) is 7.56. The highest BCUT2D eigenvalue weighted by atomic mass is 16.5. The minimum Gasteiger partial charge on any atom is -0.496 e. The zero-order chi connectivity index (χ0) is 18.4. The van der Waals surface area contributed by atoms with Crippen LogP contribution in [0.4, 0.5) is 0 Å². The van der Waals surface area contributed by atoms with E-state index in [-0.39, 0.29) is 17.7 Å². The van der Waals surface area contributed by atoms with Crippen LogP contribution in [0.3, 0.4) is 0 Å². The molecule has 0 aliphatic heterocycles. The number of methoxy groups -OCH3 is 3. The molecule has 0 saturated heterocycles. The molecule has 0 atom stereocenters. The lowest BCUT2D eigenvalue weighted by molar-refractivity contribution is 0.0598. The second-order valence-corrected chi connectivity index (χ2v) is 5.33. The molecule has 0 amide bonds. The Morgan fingerprint density at radius 2 is 1.48 bits per heavy atom. The van der Waals surface area contributed by atoms with Crippen molar-refractivity contribution in [1.29, 1.82) is 0 Å². The van der Waals surface area contributed by atoms with Gasteiger partial charge in [0, 0.05) is 5.56 Å². The van der Waals surface area contributed by atoms with Crippen molar-refractivity contribution in [2.75, 3.05) is 21.3 Å². The molecule has 0 heterocycles. The predicted molar refractivity (Wildman–Crippen MR) is 91.2 cm³/mol. The van der Waals surface area contributed by atoms with Gasteiger partial charge in [0.15, 0.2) is 0 Å². The molecule has 0 spiro atoms. The number of carbonyl (C=O) groups excluding carboxylic acids is 2. The predicted octanol–water partition coefficient (Wildman–Crippen LogP) is 3.16. The molecular formula is C19H20O6. The molecule has 2 aromatic rings. The number of benzene rings is 2. The van der Waals surface area contributed by atoms with Gasteiger partial charge < -0.3 is 18.9 Å². The van der Waals surface area contributed by atoms with E-state index < -0.39 is 11.9 Å². The molecule has 6 heteroatoms.